The molecule has 1 aliphatic heterocycles. The Morgan fingerprint density at radius 1 is 1.16 bits per heavy atom. The minimum atomic E-state index is -0.204. The van der Waals surface area contributed by atoms with Crippen molar-refractivity contribution in [2.24, 2.45) is 0 Å². The first-order valence-corrected chi connectivity index (χ1v) is 9.39. The van der Waals surface area contributed by atoms with Crippen LogP contribution in [0.5, 0.6) is 0 Å². The van der Waals surface area contributed by atoms with E-state index in [0.29, 0.717) is 0 Å². The van der Waals surface area contributed by atoms with Crippen molar-refractivity contribution in [3.63, 3.8) is 0 Å². The molecule has 0 spiro atoms. The van der Waals surface area contributed by atoms with E-state index in [-0.39, 0.29) is 5.82 Å². The van der Waals surface area contributed by atoms with Crippen molar-refractivity contribution in [3.8, 4) is 0 Å². The second-order valence-electron chi connectivity index (χ2n) is 6.39. The average molecular weight is 451 g/mol. The fourth-order valence-electron chi connectivity index (χ4n) is 3.27. The summed E-state index contributed by atoms with van der Waals surface area (Å²) in [4.78, 5) is 16.8. The Balaban J connectivity index is 1.42. The molecule has 0 radical (unpaired) electrons. The maximum Gasteiger partial charge on any atom is 0.145 e. The highest BCUT2D eigenvalue weighted by molar-refractivity contribution is 14.1. The number of nitrogens with one attached hydrogen (secondary N) is 1. The van der Waals surface area contributed by atoms with Crippen LogP contribution in [-0.2, 0) is 6.54 Å². The number of fused-ring (bicyclic) bond motifs is 1. The summed E-state index contributed by atoms with van der Waals surface area (Å²) < 4.78 is 14.5. The van der Waals surface area contributed by atoms with Gasteiger partial charge in [0.25, 0.3) is 0 Å². The first-order valence-electron chi connectivity index (χ1n) is 8.32. The maximum atomic E-state index is 13.3. The number of nitrogens with zero attached hydrogens (tertiary/aromatic N) is 4. The molecule has 1 saturated heterocycles. The van der Waals surface area contributed by atoms with Crippen molar-refractivity contribution < 1.29 is 4.39 Å². The van der Waals surface area contributed by atoms with Gasteiger partial charge in [-0.3, -0.25) is 4.90 Å². The second-order valence-corrected chi connectivity index (χ2v) is 7.46. The second kappa shape index (κ2) is 6.87. The Labute approximate surface area is 159 Å². The number of rotatable bonds is 3. The van der Waals surface area contributed by atoms with Crippen LogP contribution in [0.25, 0.3) is 10.9 Å². The normalized spacial score (nSPS) is 15.9. The minimum Gasteiger partial charge on any atom is -0.357 e. The number of halogens is 2. The van der Waals surface area contributed by atoms with Gasteiger partial charge in [-0.25, -0.2) is 14.4 Å². The third-order valence-corrected chi connectivity index (χ3v) is 5.91. The van der Waals surface area contributed by atoms with Gasteiger partial charge in [-0.15, -0.1) is 0 Å². The molecule has 130 valence electrons. The first kappa shape index (κ1) is 16.7. The monoisotopic (exact) mass is 451 g/mol. The highest BCUT2D eigenvalue weighted by Crippen LogP contribution is 2.23. The van der Waals surface area contributed by atoms with E-state index in [0.717, 1.165) is 64.4 Å². The highest BCUT2D eigenvalue weighted by atomic mass is 127. The molecule has 1 aromatic carbocycles. The molecule has 0 bridgehead atoms. The van der Waals surface area contributed by atoms with E-state index in [9.17, 15) is 4.39 Å². The summed E-state index contributed by atoms with van der Waals surface area (Å²) in [6, 6.07) is 6.99. The van der Waals surface area contributed by atoms with Crippen molar-refractivity contribution in [1.82, 2.24) is 19.9 Å². The standard InChI is InChI=1S/C18H19FIN5/c1-12-17(20)18(22-11-21-12)25-6-4-24(5-7-25)10-15-8-13-2-3-14(19)9-16(13)23-15/h2-3,8-9,11,23H,4-7,10H2,1H3. The smallest absolute Gasteiger partial charge is 0.145 e. The lowest BCUT2D eigenvalue weighted by Crippen LogP contribution is -2.46. The maximum absolute atomic E-state index is 13.3. The van der Waals surface area contributed by atoms with Gasteiger partial charge in [-0.1, -0.05) is 0 Å². The van der Waals surface area contributed by atoms with E-state index in [1.165, 1.54) is 6.07 Å². The molecule has 0 saturated carbocycles. The molecule has 0 aliphatic carbocycles. The van der Waals surface area contributed by atoms with E-state index in [1.807, 2.05) is 13.0 Å². The Morgan fingerprint density at radius 3 is 2.76 bits per heavy atom. The zero-order valence-electron chi connectivity index (χ0n) is 14.0. The van der Waals surface area contributed by atoms with Crippen LogP contribution in [0.4, 0.5) is 10.2 Å². The van der Waals surface area contributed by atoms with Crippen molar-refractivity contribution in [1.29, 1.82) is 0 Å². The molecule has 3 heterocycles. The lowest BCUT2D eigenvalue weighted by molar-refractivity contribution is 0.247. The third kappa shape index (κ3) is 3.48. The number of piperazine rings is 1. The van der Waals surface area contributed by atoms with Crippen molar-refractivity contribution >= 4 is 39.3 Å². The number of aryl methyl sites for hydroxylation is 1. The average Bonchev–Trinajstić information content (AvgIpc) is 2.99. The molecule has 0 atom stereocenters. The SMILES string of the molecule is Cc1ncnc(N2CCN(Cc3cc4ccc(F)cc4[nH]3)CC2)c1I. The predicted octanol–water partition coefficient (Wildman–Crippen LogP) is 3.33. The van der Waals surface area contributed by atoms with Gasteiger partial charge in [-0.2, -0.15) is 0 Å². The van der Waals surface area contributed by atoms with Gasteiger partial charge < -0.3 is 9.88 Å². The van der Waals surface area contributed by atoms with Crippen molar-refractivity contribution in [3.05, 3.63) is 51.4 Å². The summed E-state index contributed by atoms with van der Waals surface area (Å²) in [5.74, 6) is 0.832. The zero-order valence-corrected chi connectivity index (χ0v) is 16.1. The Morgan fingerprint density at radius 2 is 1.96 bits per heavy atom. The van der Waals surface area contributed by atoms with Crippen molar-refractivity contribution in [2.75, 3.05) is 31.1 Å². The van der Waals surface area contributed by atoms with Crippen LogP contribution in [0.2, 0.25) is 0 Å². The number of aromatic amines is 1. The summed E-state index contributed by atoms with van der Waals surface area (Å²) in [5.41, 5.74) is 3.01. The molecule has 0 amide bonds. The number of H-pyrrole nitrogens is 1. The van der Waals surface area contributed by atoms with Gasteiger partial charge in [0.15, 0.2) is 0 Å². The third-order valence-electron chi connectivity index (χ3n) is 4.65. The summed E-state index contributed by atoms with van der Waals surface area (Å²) in [7, 11) is 0. The summed E-state index contributed by atoms with van der Waals surface area (Å²) in [6.45, 7) is 6.71. The number of hydrogen-bond donors (Lipinski definition) is 1. The Hall–Kier alpha value is -1.74. The van der Waals surface area contributed by atoms with E-state index < -0.39 is 0 Å². The molecular formula is C18H19FIN5. The molecule has 4 rings (SSSR count). The summed E-state index contributed by atoms with van der Waals surface area (Å²) in [5, 5.41) is 1.06. The van der Waals surface area contributed by atoms with Gasteiger partial charge in [0.1, 0.15) is 18.0 Å². The van der Waals surface area contributed by atoms with Crippen LogP contribution in [0.15, 0.2) is 30.6 Å². The number of anilines is 1. The molecule has 1 fully saturated rings. The zero-order chi connectivity index (χ0) is 17.4. The van der Waals surface area contributed by atoms with Crippen LogP contribution < -0.4 is 4.90 Å². The molecule has 1 N–H and O–H groups in total. The lowest BCUT2D eigenvalue weighted by Gasteiger charge is -2.35. The fraction of sp³-hybridized carbons (Fsp3) is 0.333. The molecule has 3 aromatic rings. The molecular weight excluding hydrogens is 432 g/mol. The van der Waals surface area contributed by atoms with Crippen LogP contribution in [0, 0.1) is 16.3 Å². The lowest BCUT2D eigenvalue weighted by atomic mass is 10.2. The molecule has 0 unspecified atom stereocenters. The van der Waals surface area contributed by atoms with Crippen molar-refractivity contribution in [2.45, 2.75) is 13.5 Å². The van der Waals surface area contributed by atoms with Gasteiger partial charge in [-0.05, 0) is 59.2 Å². The minimum absolute atomic E-state index is 0.204. The summed E-state index contributed by atoms with van der Waals surface area (Å²) in [6.07, 6.45) is 1.64. The van der Waals surface area contributed by atoms with Crippen LogP contribution in [0.1, 0.15) is 11.4 Å². The van der Waals surface area contributed by atoms with E-state index in [4.69, 9.17) is 0 Å². The number of benzene rings is 1. The van der Waals surface area contributed by atoms with Gasteiger partial charge in [0, 0.05) is 43.9 Å². The Bertz CT molecular complexity index is 902. The van der Waals surface area contributed by atoms with Crippen LogP contribution in [-0.4, -0.2) is 46.0 Å². The number of hydrogen-bond acceptors (Lipinski definition) is 4. The van der Waals surface area contributed by atoms with Crippen LogP contribution in [0.3, 0.4) is 0 Å². The molecule has 25 heavy (non-hydrogen) atoms. The first-order chi connectivity index (χ1) is 12.1. The topological polar surface area (TPSA) is 48.1 Å². The summed E-state index contributed by atoms with van der Waals surface area (Å²) >= 11 is 2.33. The quantitative estimate of drug-likeness (QED) is 0.621. The molecule has 1 aliphatic rings. The fourth-order valence-corrected chi connectivity index (χ4v) is 3.89. The molecule has 5 nitrogen and oxygen atoms in total. The molecule has 2 aromatic heterocycles. The Kier molecular flexibility index (Phi) is 4.60. The van der Waals surface area contributed by atoms with Crippen LogP contribution >= 0.6 is 22.6 Å². The highest BCUT2D eigenvalue weighted by Gasteiger charge is 2.21. The predicted molar refractivity (Wildman–Crippen MR) is 105 cm³/mol. The van der Waals surface area contributed by atoms with E-state index >= 15 is 0 Å². The van der Waals surface area contributed by atoms with E-state index in [2.05, 4.69) is 53.4 Å². The van der Waals surface area contributed by atoms with Gasteiger partial charge >= 0.3 is 0 Å². The molecule has 7 heteroatoms. The van der Waals surface area contributed by atoms with E-state index in [1.54, 1.807) is 12.4 Å². The van der Waals surface area contributed by atoms with Gasteiger partial charge in [0.2, 0.25) is 0 Å². The largest absolute Gasteiger partial charge is 0.357 e. The van der Waals surface area contributed by atoms with Gasteiger partial charge in [0.05, 0.1) is 9.26 Å². The number of aromatic nitrogens is 3.